The van der Waals surface area contributed by atoms with Crippen LogP contribution in [0, 0.1) is 11.3 Å². The van der Waals surface area contributed by atoms with E-state index in [1.54, 1.807) is 0 Å². The van der Waals surface area contributed by atoms with Crippen molar-refractivity contribution in [1.29, 1.82) is 5.26 Å². The highest BCUT2D eigenvalue weighted by Crippen LogP contribution is 2.29. The van der Waals surface area contributed by atoms with Crippen molar-refractivity contribution in [1.82, 2.24) is 10.2 Å². The first-order chi connectivity index (χ1) is 14.2. The SMILES string of the molecule is C[C@@H]1CNCCN1c1ccc(N2CCN(Cc3ccccc3)[C@@H](C)C2)c(C#N)c1.Cl.Cl. The topological polar surface area (TPSA) is 45.5 Å². The van der Waals surface area contributed by atoms with Crippen molar-refractivity contribution >= 4 is 36.2 Å². The smallest absolute Gasteiger partial charge is 0.101 e. The molecule has 2 aliphatic heterocycles. The van der Waals surface area contributed by atoms with E-state index < -0.39 is 0 Å². The number of hydrogen-bond donors (Lipinski definition) is 1. The Kier molecular flexibility index (Phi) is 9.46. The summed E-state index contributed by atoms with van der Waals surface area (Å²) in [6.07, 6.45) is 0. The zero-order valence-electron chi connectivity index (χ0n) is 18.3. The van der Waals surface area contributed by atoms with Crippen molar-refractivity contribution in [3.05, 3.63) is 59.7 Å². The van der Waals surface area contributed by atoms with E-state index in [0.29, 0.717) is 12.1 Å². The lowest BCUT2D eigenvalue weighted by molar-refractivity contribution is 0.181. The van der Waals surface area contributed by atoms with Crippen molar-refractivity contribution in [2.45, 2.75) is 32.5 Å². The lowest BCUT2D eigenvalue weighted by Crippen LogP contribution is -2.51. The molecule has 2 aromatic rings. The monoisotopic (exact) mass is 461 g/mol. The van der Waals surface area contributed by atoms with Crippen LogP contribution < -0.4 is 15.1 Å². The van der Waals surface area contributed by atoms with Gasteiger partial charge in [0, 0.05) is 63.6 Å². The highest BCUT2D eigenvalue weighted by atomic mass is 35.5. The van der Waals surface area contributed by atoms with Crippen LogP contribution >= 0.6 is 24.8 Å². The quantitative estimate of drug-likeness (QED) is 0.747. The van der Waals surface area contributed by atoms with Gasteiger partial charge in [0.25, 0.3) is 0 Å². The van der Waals surface area contributed by atoms with Crippen LogP contribution in [0.4, 0.5) is 11.4 Å². The van der Waals surface area contributed by atoms with Crippen LogP contribution in [0.2, 0.25) is 0 Å². The molecule has 5 nitrogen and oxygen atoms in total. The van der Waals surface area contributed by atoms with E-state index in [1.165, 1.54) is 5.56 Å². The highest BCUT2D eigenvalue weighted by Gasteiger charge is 2.26. The molecule has 0 amide bonds. The lowest BCUT2D eigenvalue weighted by atomic mass is 10.1. The minimum Gasteiger partial charge on any atom is -0.368 e. The predicted octanol–water partition coefficient (Wildman–Crippen LogP) is 3.91. The third-order valence-corrected chi connectivity index (χ3v) is 6.27. The average Bonchev–Trinajstić information content (AvgIpc) is 2.76. The Labute approximate surface area is 198 Å². The number of benzene rings is 2. The second-order valence-corrected chi connectivity index (χ2v) is 8.31. The summed E-state index contributed by atoms with van der Waals surface area (Å²) in [6.45, 7) is 11.4. The summed E-state index contributed by atoms with van der Waals surface area (Å²) in [5.41, 5.74) is 4.39. The first kappa shape index (κ1) is 25.3. The maximum absolute atomic E-state index is 9.83. The zero-order valence-corrected chi connectivity index (χ0v) is 20.0. The number of halogens is 2. The molecule has 0 radical (unpaired) electrons. The largest absolute Gasteiger partial charge is 0.368 e. The molecule has 0 aromatic heterocycles. The summed E-state index contributed by atoms with van der Waals surface area (Å²) < 4.78 is 0. The Morgan fingerprint density at radius 1 is 1.00 bits per heavy atom. The van der Waals surface area contributed by atoms with Gasteiger partial charge in [0.1, 0.15) is 6.07 Å². The average molecular weight is 462 g/mol. The van der Waals surface area contributed by atoms with E-state index in [9.17, 15) is 5.26 Å². The first-order valence-electron chi connectivity index (χ1n) is 10.7. The van der Waals surface area contributed by atoms with Gasteiger partial charge >= 0.3 is 0 Å². The molecule has 2 atom stereocenters. The number of piperazine rings is 2. The summed E-state index contributed by atoms with van der Waals surface area (Å²) in [7, 11) is 0. The molecule has 0 aliphatic carbocycles. The van der Waals surface area contributed by atoms with Crippen LogP contribution in [0.1, 0.15) is 25.0 Å². The van der Waals surface area contributed by atoms with E-state index in [1.807, 2.05) is 0 Å². The molecule has 2 fully saturated rings. The Morgan fingerprint density at radius 2 is 1.77 bits per heavy atom. The second-order valence-electron chi connectivity index (χ2n) is 8.31. The Morgan fingerprint density at radius 3 is 2.45 bits per heavy atom. The normalized spacial score (nSPS) is 21.6. The third kappa shape index (κ3) is 5.84. The lowest BCUT2D eigenvalue weighted by Gasteiger charge is -2.41. The molecular weight excluding hydrogens is 429 g/mol. The molecule has 2 saturated heterocycles. The van der Waals surface area contributed by atoms with Gasteiger partial charge in [-0.1, -0.05) is 30.3 Å². The highest BCUT2D eigenvalue weighted by molar-refractivity contribution is 5.85. The zero-order chi connectivity index (χ0) is 20.2. The molecule has 0 saturated carbocycles. The van der Waals surface area contributed by atoms with E-state index in [2.05, 4.69) is 88.5 Å². The fourth-order valence-corrected chi connectivity index (χ4v) is 4.56. The van der Waals surface area contributed by atoms with Crippen molar-refractivity contribution in [3.63, 3.8) is 0 Å². The summed E-state index contributed by atoms with van der Waals surface area (Å²) in [6, 6.07) is 20.5. The molecule has 1 N–H and O–H groups in total. The van der Waals surface area contributed by atoms with Gasteiger partial charge < -0.3 is 15.1 Å². The Hall–Kier alpha value is -1.97. The van der Waals surface area contributed by atoms with Crippen molar-refractivity contribution in [2.24, 2.45) is 0 Å². The van der Waals surface area contributed by atoms with E-state index in [0.717, 1.165) is 62.8 Å². The van der Waals surface area contributed by atoms with Crippen molar-refractivity contribution in [2.75, 3.05) is 49.1 Å². The minimum atomic E-state index is 0. The van der Waals surface area contributed by atoms with Gasteiger partial charge in [-0.3, -0.25) is 4.90 Å². The van der Waals surface area contributed by atoms with Crippen LogP contribution in [0.25, 0.3) is 0 Å². The van der Waals surface area contributed by atoms with E-state index in [-0.39, 0.29) is 24.8 Å². The van der Waals surface area contributed by atoms with Gasteiger partial charge in [-0.15, -0.1) is 24.8 Å². The molecule has 2 aliphatic rings. The van der Waals surface area contributed by atoms with Gasteiger partial charge in [-0.2, -0.15) is 5.26 Å². The van der Waals surface area contributed by atoms with Crippen LogP contribution in [0.15, 0.2) is 48.5 Å². The van der Waals surface area contributed by atoms with Crippen LogP contribution in [0.3, 0.4) is 0 Å². The van der Waals surface area contributed by atoms with E-state index in [4.69, 9.17) is 0 Å². The molecule has 168 valence electrons. The molecule has 0 bridgehead atoms. The van der Waals surface area contributed by atoms with Gasteiger partial charge in [0.15, 0.2) is 0 Å². The van der Waals surface area contributed by atoms with Gasteiger partial charge in [-0.05, 0) is 37.6 Å². The molecule has 2 aromatic carbocycles. The maximum Gasteiger partial charge on any atom is 0.101 e. The fraction of sp³-hybridized carbons (Fsp3) is 0.458. The number of hydrogen-bond acceptors (Lipinski definition) is 5. The van der Waals surface area contributed by atoms with Gasteiger partial charge in [0.2, 0.25) is 0 Å². The van der Waals surface area contributed by atoms with Crippen LogP contribution in [0.5, 0.6) is 0 Å². The second kappa shape index (κ2) is 11.6. The summed E-state index contributed by atoms with van der Waals surface area (Å²) >= 11 is 0. The van der Waals surface area contributed by atoms with Crippen LogP contribution in [-0.4, -0.2) is 56.3 Å². The summed E-state index contributed by atoms with van der Waals surface area (Å²) in [5.74, 6) is 0. The Balaban J connectivity index is 0.00000171. The standard InChI is InChI=1S/C24H31N5.2ClH/c1-19-16-26-10-11-29(19)23-8-9-24(22(14-23)15-25)28-13-12-27(20(2)17-28)18-21-6-4-3-5-7-21;;/h3-9,14,19-20,26H,10-13,16-18H2,1-2H3;2*1H/t19-,20+;;/m1../s1. The molecular formula is C24H33Cl2N5. The number of anilines is 2. The van der Waals surface area contributed by atoms with Crippen molar-refractivity contribution in [3.8, 4) is 6.07 Å². The molecule has 2 heterocycles. The number of nitrogens with zero attached hydrogens (tertiary/aromatic N) is 4. The third-order valence-electron chi connectivity index (χ3n) is 6.27. The maximum atomic E-state index is 9.83. The van der Waals surface area contributed by atoms with Crippen LogP contribution in [-0.2, 0) is 6.54 Å². The molecule has 31 heavy (non-hydrogen) atoms. The van der Waals surface area contributed by atoms with Gasteiger partial charge in [0.05, 0.1) is 11.3 Å². The molecule has 0 spiro atoms. The molecule has 0 unspecified atom stereocenters. The number of nitrogens with one attached hydrogen (secondary N) is 1. The minimum absolute atomic E-state index is 0. The van der Waals surface area contributed by atoms with Gasteiger partial charge in [-0.25, -0.2) is 0 Å². The predicted molar refractivity (Wildman–Crippen MR) is 134 cm³/mol. The van der Waals surface area contributed by atoms with Crippen molar-refractivity contribution < 1.29 is 0 Å². The molecule has 7 heteroatoms. The number of nitriles is 1. The first-order valence-corrected chi connectivity index (χ1v) is 10.7. The summed E-state index contributed by atoms with van der Waals surface area (Å²) in [4.78, 5) is 7.33. The van der Waals surface area contributed by atoms with E-state index >= 15 is 0 Å². The fourth-order valence-electron chi connectivity index (χ4n) is 4.56. The summed E-state index contributed by atoms with van der Waals surface area (Å²) in [5, 5.41) is 13.3. The Bertz CT molecular complexity index is 870. The molecule has 4 rings (SSSR count). The number of rotatable bonds is 4.